The topological polar surface area (TPSA) is 94.0 Å². The van der Waals surface area contributed by atoms with Crippen LogP contribution in [0, 0.1) is 5.92 Å². The fourth-order valence-corrected chi connectivity index (χ4v) is 2.54. The van der Waals surface area contributed by atoms with Crippen LogP contribution in [-0.2, 0) is 4.79 Å². The molecule has 1 saturated heterocycles. The van der Waals surface area contributed by atoms with Gasteiger partial charge in [0.1, 0.15) is 17.8 Å². The van der Waals surface area contributed by atoms with Gasteiger partial charge < -0.3 is 15.4 Å². The predicted molar refractivity (Wildman–Crippen MR) is 87.2 cm³/mol. The van der Waals surface area contributed by atoms with Crippen LogP contribution >= 0.6 is 12.4 Å². The number of nitrogens with one attached hydrogen (secondary N) is 2. The second-order valence-electron chi connectivity index (χ2n) is 5.17. The highest BCUT2D eigenvalue weighted by Gasteiger charge is 2.21. The van der Waals surface area contributed by atoms with E-state index in [1.54, 1.807) is 25.3 Å². The first-order valence-electron chi connectivity index (χ1n) is 7.21. The van der Waals surface area contributed by atoms with Crippen molar-refractivity contribution in [3.05, 3.63) is 24.5 Å². The molecule has 3 rings (SSSR count). The van der Waals surface area contributed by atoms with Gasteiger partial charge in [0.2, 0.25) is 5.91 Å². The largest absolute Gasteiger partial charge is 0.494 e. The second-order valence-corrected chi connectivity index (χ2v) is 5.17. The fourth-order valence-electron chi connectivity index (χ4n) is 2.54. The van der Waals surface area contributed by atoms with Crippen LogP contribution in [0.25, 0.3) is 5.69 Å². The van der Waals surface area contributed by atoms with Gasteiger partial charge >= 0.3 is 0 Å². The molecular formula is C14H19ClN6O2. The van der Waals surface area contributed by atoms with Crippen molar-refractivity contribution in [1.29, 1.82) is 0 Å². The SMILES string of the molecule is COc1ccc(NC(=O)C2CCCNC2)cc1-n1cnnn1.Cl. The molecule has 1 aromatic heterocycles. The van der Waals surface area contributed by atoms with E-state index < -0.39 is 0 Å². The number of rotatable bonds is 4. The molecule has 8 nitrogen and oxygen atoms in total. The highest BCUT2D eigenvalue weighted by atomic mass is 35.5. The van der Waals surface area contributed by atoms with Gasteiger partial charge in [-0.2, -0.15) is 4.68 Å². The Morgan fingerprint density at radius 1 is 1.48 bits per heavy atom. The van der Waals surface area contributed by atoms with Crippen molar-refractivity contribution in [1.82, 2.24) is 25.5 Å². The minimum Gasteiger partial charge on any atom is -0.494 e. The molecule has 1 fully saturated rings. The third-order valence-corrected chi connectivity index (χ3v) is 3.71. The molecule has 2 aromatic rings. The van der Waals surface area contributed by atoms with Crippen LogP contribution in [0.4, 0.5) is 5.69 Å². The lowest BCUT2D eigenvalue weighted by Gasteiger charge is -2.22. The summed E-state index contributed by atoms with van der Waals surface area (Å²) in [5, 5.41) is 17.3. The Bertz CT molecular complexity index is 643. The van der Waals surface area contributed by atoms with Crippen LogP contribution in [0.15, 0.2) is 24.5 Å². The molecule has 9 heteroatoms. The van der Waals surface area contributed by atoms with Crippen molar-refractivity contribution >= 4 is 24.0 Å². The highest BCUT2D eigenvalue weighted by molar-refractivity contribution is 5.93. The predicted octanol–water partition coefficient (Wildman–Crippen LogP) is 1.03. The summed E-state index contributed by atoms with van der Waals surface area (Å²) >= 11 is 0. The maximum Gasteiger partial charge on any atom is 0.228 e. The Hall–Kier alpha value is -2.19. The van der Waals surface area contributed by atoms with Gasteiger partial charge in [0.25, 0.3) is 0 Å². The molecule has 0 aliphatic carbocycles. The van der Waals surface area contributed by atoms with Gasteiger partial charge in [-0.05, 0) is 48.0 Å². The molecule has 1 aliphatic rings. The highest BCUT2D eigenvalue weighted by Crippen LogP contribution is 2.26. The van der Waals surface area contributed by atoms with E-state index in [4.69, 9.17) is 4.74 Å². The molecule has 0 radical (unpaired) electrons. The first-order chi connectivity index (χ1) is 10.8. The van der Waals surface area contributed by atoms with E-state index in [-0.39, 0.29) is 24.2 Å². The molecule has 1 atom stereocenters. The number of benzene rings is 1. The summed E-state index contributed by atoms with van der Waals surface area (Å²) in [5.74, 6) is 0.664. The average molecular weight is 339 g/mol. The van der Waals surface area contributed by atoms with Crippen molar-refractivity contribution < 1.29 is 9.53 Å². The first-order valence-corrected chi connectivity index (χ1v) is 7.21. The summed E-state index contributed by atoms with van der Waals surface area (Å²) in [6.45, 7) is 1.71. The number of halogens is 1. The molecular weight excluding hydrogens is 320 g/mol. The molecule has 0 saturated carbocycles. The second kappa shape index (κ2) is 7.89. The van der Waals surface area contributed by atoms with Crippen molar-refractivity contribution in [2.75, 3.05) is 25.5 Å². The minimum atomic E-state index is 0. The number of tetrazole rings is 1. The minimum absolute atomic E-state index is 0. The Morgan fingerprint density at radius 2 is 2.35 bits per heavy atom. The van der Waals surface area contributed by atoms with Crippen molar-refractivity contribution in [3.63, 3.8) is 0 Å². The Kier molecular flexibility index (Phi) is 5.89. The lowest BCUT2D eigenvalue weighted by atomic mass is 9.99. The van der Waals surface area contributed by atoms with E-state index >= 15 is 0 Å². The zero-order valence-electron chi connectivity index (χ0n) is 12.7. The monoisotopic (exact) mass is 338 g/mol. The van der Waals surface area contributed by atoms with Crippen molar-refractivity contribution in [3.8, 4) is 11.4 Å². The van der Waals surface area contributed by atoms with Crippen LogP contribution < -0.4 is 15.4 Å². The van der Waals surface area contributed by atoms with Gasteiger partial charge in [0, 0.05) is 12.2 Å². The zero-order chi connectivity index (χ0) is 15.4. The molecule has 1 aromatic carbocycles. The van der Waals surface area contributed by atoms with Gasteiger partial charge in [-0.25, -0.2) is 0 Å². The number of carbonyl (C=O) groups excluding carboxylic acids is 1. The number of carbonyl (C=O) groups is 1. The number of hydrogen-bond donors (Lipinski definition) is 2. The number of nitrogens with zero attached hydrogens (tertiary/aromatic N) is 4. The van der Waals surface area contributed by atoms with E-state index in [1.165, 1.54) is 11.0 Å². The number of methoxy groups -OCH3 is 1. The maximum atomic E-state index is 12.3. The van der Waals surface area contributed by atoms with Gasteiger partial charge in [-0.1, -0.05) is 0 Å². The molecule has 0 bridgehead atoms. The van der Waals surface area contributed by atoms with Crippen molar-refractivity contribution in [2.24, 2.45) is 5.92 Å². The van der Waals surface area contributed by atoms with E-state index in [1.807, 2.05) is 0 Å². The number of aromatic nitrogens is 4. The zero-order valence-corrected chi connectivity index (χ0v) is 13.5. The van der Waals surface area contributed by atoms with Crippen LogP contribution in [0.5, 0.6) is 5.75 Å². The molecule has 2 N–H and O–H groups in total. The van der Waals surface area contributed by atoms with E-state index in [0.29, 0.717) is 17.1 Å². The summed E-state index contributed by atoms with van der Waals surface area (Å²) in [6, 6.07) is 5.38. The van der Waals surface area contributed by atoms with Crippen molar-refractivity contribution in [2.45, 2.75) is 12.8 Å². The van der Waals surface area contributed by atoms with Crippen LogP contribution in [0.2, 0.25) is 0 Å². The third kappa shape index (κ3) is 3.96. The summed E-state index contributed by atoms with van der Waals surface area (Å²) < 4.78 is 6.80. The van der Waals surface area contributed by atoms with Crippen LogP contribution in [0.3, 0.4) is 0 Å². The summed E-state index contributed by atoms with van der Waals surface area (Å²) in [7, 11) is 1.58. The Morgan fingerprint density at radius 3 is 3.00 bits per heavy atom. The lowest BCUT2D eigenvalue weighted by Crippen LogP contribution is -2.37. The van der Waals surface area contributed by atoms with Gasteiger partial charge in [0.05, 0.1) is 13.0 Å². The summed E-state index contributed by atoms with van der Waals surface area (Å²) in [6.07, 6.45) is 3.42. The van der Waals surface area contributed by atoms with Crippen LogP contribution in [0.1, 0.15) is 12.8 Å². The molecule has 1 aliphatic heterocycles. The molecule has 2 heterocycles. The summed E-state index contributed by atoms with van der Waals surface area (Å²) in [5.41, 5.74) is 1.37. The Balaban J connectivity index is 0.00000192. The van der Waals surface area contributed by atoms with Gasteiger partial charge in [-0.3, -0.25) is 4.79 Å². The lowest BCUT2D eigenvalue weighted by molar-refractivity contribution is -0.120. The quantitative estimate of drug-likeness (QED) is 0.864. The number of amides is 1. The standard InChI is InChI=1S/C14H18N6O2.ClH/c1-22-13-5-4-11(7-12(13)20-9-16-18-19-20)17-14(21)10-3-2-6-15-8-10;/h4-5,7,9-10,15H,2-3,6,8H2,1H3,(H,17,21);1H. The normalized spacial score (nSPS) is 17.2. The number of hydrogen-bond acceptors (Lipinski definition) is 6. The van der Waals surface area contributed by atoms with Gasteiger partial charge in [0.15, 0.2) is 0 Å². The molecule has 1 amide bonds. The number of ether oxygens (including phenoxy) is 1. The first kappa shape index (κ1) is 17.2. The summed E-state index contributed by atoms with van der Waals surface area (Å²) in [4.78, 5) is 12.3. The van der Waals surface area contributed by atoms with E-state index in [9.17, 15) is 4.79 Å². The van der Waals surface area contributed by atoms with Gasteiger partial charge in [-0.15, -0.1) is 17.5 Å². The van der Waals surface area contributed by atoms with E-state index in [2.05, 4.69) is 26.2 Å². The molecule has 1 unspecified atom stereocenters. The fraction of sp³-hybridized carbons (Fsp3) is 0.429. The number of anilines is 1. The van der Waals surface area contributed by atoms with Crippen LogP contribution in [-0.4, -0.2) is 46.3 Å². The molecule has 124 valence electrons. The maximum absolute atomic E-state index is 12.3. The molecule has 23 heavy (non-hydrogen) atoms. The van der Waals surface area contributed by atoms with E-state index in [0.717, 1.165) is 25.9 Å². The average Bonchev–Trinajstić information content (AvgIpc) is 3.10. The third-order valence-electron chi connectivity index (χ3n) is 3.71. The smallest absolute Gasteiger partial charge is 0.228 e. The molecule has 0 spiro atoms. The number of piperidine rings is 1. The Labute approximate surface area is 140 Å².